The largest absolute Gasteiger partial charge is 0.342 e. The molecule has 6 heteroatoms. The summed E-state index contributed by atoms with van der Waals surface area (Å²) in [5.74, 6) is 1.47. The van der Waals surface area contributed by atoms with E-state index in [1.165, 1.54) is 5.56 Å². The van der Waals surface area contributed by atoms with Crippen LogP contribution in [0.25, 0.3) is 11.0 Å². The molecule has 1 amide bonds. The number of carbonyl (C=O) groups is 1. The zero-order valence-electron chi connectivity index (χ0n) is 15.0. The molecule has 3 aromatic rings. The van der Waals surface area contributed by atoms with Crippen LogP contribution in [0.3, 0.4) is 0 Å². The van der Waals surface area contributed by atoms with Crippen LogP contribution in [0.4, 0.5) is 0 Å². The van der Waals surface area contributed by atoms with Crippen LogP contribution in [0, 0.1) is 12.8 Å². The summed E-state index contributed by atoms with van der Waals surface area (Å²) in [7, 11) is 0. The van der Waals surface area contributed by atoms with Gasteiger partial charge in [0.15, 0.2) is 0 Å². The van der Waals surface area contributed by atoms with Gasteiger partial charge in [0, 0.05) is 18.8 Å². The highest BCUT2D eigenvalue weighted by Crippen LogP contribution is 2.23. The standard InChI is InChI=1S/C19H23N5O/c1-5-16-20-9-13(10-21-16)19(25)24-17(11(2)3)18-22-14-7-6-12(4)8-15(14)23-18/h6-11,17H,5H2,1-4H3,(H,22,23)(H,24,25)/t17-/m0/s1. The fourth-order valence-electron chi connectivity index (χ4n) is 2.72. The van der Waals surface area contributed by atoms with Crippen molar-refractivity contribution >= 4 is 16.9 Å². The second-order valence-corrected chi connectivity index (χ2v) is 6.58. The molecular formula is C19H23N5O. The van der Waals surface area contributed by atoms with Crippen molar-refractivity contribution in [3.05, 3.63) is 53.4 Å². The van der Waals surface area contributed by atoms with Gasteiger partial charge in [-0.25, -0.2) is 15.0 Å². The third kappa shape index (κ3) is 3.68. The van der Waals surface area contributed by atoms with Gasteiger partial charge in [-0.1, -0.05) is 26.8 Å². The fourth-order valence-corrected chi connectivity index (χ4v) is 2.72. The summed E-state index contributed by atoms with van der Waals surface area (Å²) < 4.78 is 0. The maximum atomic E-state index is 12.6. The summed E-state index contributed by atoms with van der Waals surface area (Å²) in [5.41, 5.74) is 3.50. The molecule has 0 saturated carbocycles. The SMILES string of the molecule is CCc1ncc(C(=O)N[C@H](c2nc3ccc(C)cc3[nH]2)C(C)C)cn1. The van der Waals surface area contributed by atoms with Crippen molar-refractivity contribution in [2.45, 2.75) is 40.2 Å². The molecule has 0 aliphatic rings. The average molecular weight is 337 g/mol. The number of carbonyl (C=O) groups excluding carboxylic acids is 1. The van der Waals surface area contributed by atoms with E-state index in [1.54, 1.807) is 12.4 Å². The topological polar surface area (TPSA) is 83.6 Å². The van der Waals surface area contributed by atoms with Crippen LogP contribution in [0.1, 0.15) is 54.4 Å². The number of aromatic nitrogens is 4. The van der Waals surface area contributed by atoms with Crippen LogP contribution in [0.2, 0.25) is 0 Å². The van der Waals surface area contributed by atoms with Crippen LogP contribution in [0.15, 0.2) is 30.6 Å². The Balaban J connectivity index is 1.85. The maximum Gasteiger partial charge on any atom is 0.255 e. The van der Waals surface area contributed by atoms with Crippen LogP contribution in [-0.2, 0) is 6.42 Å². The normalized spacial score (nSPS) is 12.5. The molecule has 2 N–H and O–H groups in total. The summed E-state index contributed by atoms with van der Waals surface area (Å²) in [4.78, 5) is 28.9. The third-order valence-corrected chi connectivity index (χ3v) is 4.19. The number of nitrogens with zero attached hydrogens (tertiary/aromatic N) is 3. The highest BCUT2D eigenvalue weighted by atomic mass is 16.1. The van der Waals surface area contributed by atoms with Crippen LogP contribution in [0.5, 0.6) is 0 Å². The van der Waals surface area contributed by atoms with Crippen molar-refractivity contribution in [1.82, 2.24) is 25.3 Å². The average Bonchev–Trinajstić information content (AvgIpc) is 3.01. The van der Waals surface area contributed by atoms with Gasteiger partial charge in [0.2, 0.25) is 0 Å². The molecular weight excluding hydrogens is 314 g/mol. The number of benzene rings is 1. The number of nitrogens with one attached hydrogen (secondary N) is 2. The predicted octanol–water partition coefficient (Wildman–Crippen LogP) is 3.35. The quantitative estimate of drug-likeness (QED) is 0.748. The summed E-state index contributed by atoms with van der Waals surface area (Å²) in [5, 5.41) is 3.05. The molecule has 0 aliphatic heterocycles. The second-order valence-electron chi connectivity index (χ2n) is 6.58. The van der Waals surface area contributed by atoms with E-state index >= 15 is 0 Å². The number of amides is 1. The Bertz CT molecular complexity index is 882. The van der Waals surface area contributed by atoms with E-state index in [9.17, 15) is 4.79 Å². The molecule has 0 radical (unpaired) electrons. The number of imidazole rings is 1. The van der Waals surface area contributed by atoms with Gasteiger partial charge < -0.3 is 10.3 Å². The van der Waals surface area contributed by atoms with Crippen molar-refractivity contribution in [3.63, 3.8) is 0 Å². The van der Waals surface area contributed by atoms with Gasteiger partial charge >= 0.3 is 0 Å². The van der Waals surface area contributed by atoms with E-state index in [4.69, 9.17) is 0 Å². The van der Waals surface area contributed by atoms with Gasteiger partial charge in [0.1, 0.15) is 11.6 Å². The van der Waals surface area contributed by atoms with E-state index < -0.39 is 0 Å². The van der Waals surface area contributed by atoms with Crippen LogP contribution < -0.4 is 5.32 Å². The van der Waals surface area contributed by atoms with Gasteiger partial charge in [-0.15, -0.1) is 0 Å². The number of rotatable bonds is 5. The molecule has 0 aliphatic carbocycles. The second kappa shape index (κ2) is 7.01. The number of aromatic amines is 1. The fraction of sp³-hybridized carbons (Fsp3) is 0.368. The van der Waals surface area contributed by atoms with Crippen LogP contribution in [-0.4, -0.2) is 25.8 Å². The highest BCUT2D eigenvalue weighted by Gasteiger charge is 2.22. The Hall–Kier alpha value is -2.76. The van der Waals surface area contributed by atoms with E-state index in [1.807, 2.05) is 26.0 Å². The minimum atomic E-state index is -0.217. The Kier molecular flexibility index (Phi) is 4.79. The van der Waals surface area contributed by atoms with Crippen LogP contribution >= 0.6 is 0 Å². The summed E-state index contributed by atoms with van der Waals surface area (Å²) in [6.07, 6.45) is 3.88. The number of fused-ring (bicyclic) bond motifs is 1. The summed E-state index contributed by atoms with van der Waals surface area (Å²) >= 11 is 0. The molecule has 2 aromatic heterocycles. The van der Waals surface area contributed by atoms with Gasteiger partial charge in [-0.2, -0.15) is 0 Å². The highest BCUT2D eigenvalue weighted by molar-refractivity contribution is 5.93. The lowest BCUT2D eigenvalue weighted by molar-refractivity contribution is 0.0922. The molecule has 6 nitrogen and oxygen atoms in total. The molecule has 0 saturated heterocycles. The third-order valence-electron chi connectivity index (χ3n) is 4.19. The molecule has 0 spiro atoms. The molecule has 1 atom stereocenters. The lowest BCUT2D eigenvalue weighted by Gasteiger charge is -2.20. The van der Waals surface area contributed by atoms with Crippen molar-refractivity contribution in [2.24, 2.45) is 5.92 Å². The Labute approximate surface area is 147 Å². The maximum absolute atomic E-state index is 12.6. The molecule has 0 fully saturated rings. The van der Waals surface area contributed by atoms with Crippen molar-refractivity contribution in [2.75, 3.05) is 0 Å². The van der Waals surface area contributed by atoms with Gasteiger partial charge in [0.05, 0.1) is 22.6 Å². The molecule has 1 aromatic carbocycles. The number of aryl methyl sites for hydroxylation is 2. The first-order chi connectivity index (χ1) is 12.0. The first kappa shape index (κ1) is 17.1. The first-order valence-corrected chi connectivity index (χ1v) is 8.56. The molecule has 0 bridgehead atoms. The Morgan fingerprint density at radius 1 is 1.24 bits per heavy atom. The zero-order chi connectivity index (χ0) is 18.0. The van der Waals surface area contributed by atoms with Crippen molar-refractivity contribution in [3.8, 4) is 0 Å². The lowest BCUT2D eigenvalue weighted by Crippen LogP contribution is -2.32. The number of hydrogen-bond donors (Lipinski definition) is 2. The van der Waals surface area contributed by atoms with Gasteiger partial charge in [0.25, 0.3) is 5.91 Å². The Morgan fingerprint density at radius 2 is 1.96 bits per heavy atom. The van der Waals surface area contributed by atoms with Crippen molar-refractivity contribution in [1.29, 1.82) is 0 Å². The molecule has 3 rings (SSSR count). The monoisotopic (exact) mass is 337 g/mol. The summed E-state index contributed by atoms with van der Waals surface area (Å²) in [6, 6.07) is 5.86. The minimum Gasteiger partial charge on any atom is -0.342 e. The molecule has 2 heterocycles. The number of H-pyrrole nitrogens is 1. The van der Waals surface area contributed by atoms with E-state index in [2.05, 4.69) is 45.2 Å². The van der Waals surface area contributed by atoms with Gasteiger partial charge in [-0.05, 0) is 30.5 Å². The first-order valence-electron chi connectivity index (χ1n) is 8.56. The van der Waals surface area contributed by atoms with E-state index in [-0.39, 0.29) is 17.9 Å². The lowest BCUT2D eigenvalue weighted by atomic mass is 10.0. The van der Waals surface area contributed by atoms with Gasteiger partial charge in [-0.3, -0.25) is 4.79 Å². The van der Waals surface area contributed by atoms with E-state index in [0.717, 1.165) is 29.1 Å². The zero-order valence-corrected chi connectivity index (χ0v) is 15.0. The van der Waals surface area contributed by atoms with Crippen molar-refractivity contribution < 1.29 is 4.79 Å². The smallest absolute Gasteiger partial charge is 0.255 e. The number of hydrogen-bond acceptors (Lipinski definition) is 4. The molecule has 0 unspecified atom stereocenters. The molecule has 130 valence electrons. The van der Waals surface area contributed by atoms with E-state index in [0.29, 0.717) is 5.56 Å². The minimum absolute atomic E-state index is 0.182. The Morgan fingerprint density at radius 3 is 2.60 bits per heavy atom. The summed E-state index contributed by atoms with van der Waals surface area (Å²) in [6.45, 7) is 8.13. The predicted molar refractivity (Wildman–Crippen MR) is 97.3 cm³/mol. The molecule has 25 heavy (non-hydrogen) atoms.